The quantitative estimate of drug-likeness (QED) is 0.902. The molecule has 20 heavy (non-hydrogen) atoms. The number of nitrogens with one attached hydrogen (secondary N) is 1. The molecular formula is C15H16BrFN2O. The van der Waals surface area contributed by atoms with E-state index in [1.54, 1.807) is 25.4 Å². The summed E-state index contributed by atoms with van der Waals surface area (Å²) in [6.07, 6.45) is 1.66. The Morgan fingerprint density at radius 2 is 2.05 bits per heavy atom. The summed E-state index contributed by atoms with van der Waals surface area (Å²) in [5, 5.41) is 3.28. The summed E-state index contributed by atoms with van der Waals surface area (Å²) in [7, 11) is 1.56. The van der Waals surface area contributed by atoms with E-state index < -0.39 is 0 Å². The van der Waals surface area contributed by atoms with Crippen molar-refractivity contribution in [3.8, 4) is 5.88 Å². The van der Waals surface area contributed by atoms with Crippen molar-refractivity contribution in [1.29, 1.82) is 0 Å². The number of rotatable bonds is 5. The fourth-order valence-electron chi connectivity index (χ4n) is 2.13. The number of ether oxygens (including phenoxy) is 1. The van der Waals surface area contributed by atoms with Crippen molar-refractivity contribution in [3.63, 3.8) is 0 Å². The first kappa shape index (κ1) is 14.9. The lowest BCUT2D eigenvalue weighted by Gasteiger charge is -2.21. The van der Waals surface area contributed by atoms with Gasteiger partial charge in [-0.25, -0.2) is 9.37 Å². The highest BCUT2D eigenvalue weighted by atomic mass is 79.9. The summed E-state index contributed by atoms with van der Waals surface area (Å²) in [4.78, 5) is 4.18. The molecular weight excluding hydrogens is 323 g/mol. The van der Waals surface area contributed by atoms with E-state index in [9.17, 15) is 4.39 Å². The molecule has 0 bridgehead atoms. The average Bonchev–Trinajstić information content (AvgIpc) is 2.48. The summed E-state index contributed by atoms with van der Waals surface area (Å²) in [6.45, 7) is 2.68. The highest BCUT2D eigenvalue weighted by Crippen LogP contribution is 2.31. The maximum atomic E-state index is 14.3. The molecule has 1 atom stereocenters. The Bertz CT molecular complexity index is 592. The molecule has 1 aromatic carbocycles. The Morgan fingerprint density at radius 3 is 2.75 bits per heavy atom. The lowest BCUT2D eigenvalue weighted by Crippen LogP contribution is -2.24. The number of benzene rings is 1. The van der Waals surface area contributed by atoms with Crippen LogP contribution >= 0.6 is 15.9 Å². The topological polar surface area (TPSA) is 34.2 Å². The Kier molecular flexibility index (Phi) is 5.09. The molecule has 0 aliphatic heterocycles. The third-order valence-corrected chi connectivity index (χ3v) is 3.62. The van der Waals surface area contributed by atoms with Crippen LogP contribution in [0.1, 0.15) is 24.1 Å². The Morgan fingerprint density at radius 1 is 1.30 bits per heavy atom. The predicted molar refractivity (Wildman–Crippen MR) is 80.4 cm³/mol. The van der Waals surface area contributed by atoms with Crippen molar-refractivity contribution in [2.45, 2.75) is 13.0 Å². The molecule has 1 N–H and O–H groups in total. The highest BCUT2D eigenvalue weighted by Gasteiger charge is 2.22. The Labute approximate surface area is 126 Å². The van der Waals surface area contributed by atoms with Crippen molar-refractivity contribution < 1.29 is 9.13 Å². The number of halogens is 2. The number of methoxy groups -OCH3 is 1. The molecule has 0 spiro atoms. The summed E-state index contributed by atoms with van der Waals surface area (Å²) < 4.78 is 20.1. The van der Waals surface area contributed by atoms with Crippen molar-refractivity contribution in [3.05, 3.63) is 57.9 Å². The van der Waals surface area contributed by atoms with Gasteiger partial charge in [0.25, 0.3) is 0 Å². The average molecular weight is 339 g/mol. The molecule has 1 aromatic heterocycles. The highest BCUT2D eigenvalue weighted by molar-refractivity contribution is 9.10. The van der Waals surface area contributed by atoms with Crippen LogP contribution in [0.2, 0.25) is 0 Å². The van der Waals surface area contributed by atoms with Crippen molar-refractivity contribution in [1.82, 2.24) is 10.3 Å². The zero-order chi connectivity index (χ0) is 14.5. The van der Waals surface area contributed by atoms with Crippen LogP contribution < -0.4 is 10.1 Å². The van der Waals surface area contributed by atoms with E-state index in [0.717, 1.165) is 5.56 Å². The van der Waals surface area contributed by atoms with Gasteiger partial charge in [0.05, 0.1) is 17.6 Å². The maximum absolute atomic E-state index is 14.3. The molecule has 0 saturated carbocycles. The van der Waals surface area contributed by atoms with Crippen molar-refractivity contribution >= 4 is 15.9 Å². The van der Waals surface area contributed by atoms with Gasteiger partial charge in [-0.15, -0.1) is 0 Å². The molecule has 0 amide bonds. The zero-order valence-corrected chi connectivity index (χ0v) is 12.9. The van der Waals surface area contributed by atoms with Gasteiger partial charge in [-0.3, -0.25) is 0 Å². The molecule has 0 aliphatic carbocycles. The smallest absolute Gasteiger partial charge is 0.218 e. The third kappa shape index (κ3) is 2.99. The second kappa shape index (κ2) is 6.81. The number of hydrogen-bond acceptors (Lipinski definition) is 3. The molecule has 0 fully saturated rings. The minimum absolute atomic E-state index is 0.274. The Balaban J connectivity index is 2.53. The first-order valence-corrected chi connectivity index (χ1v) is 7.14. The summed E-state index contributed by atoms with van der Waals surface area (Å²) in [5.41, 5.74) is 1.38. The van der Waals surface area contributed by atoms with E-state index in [4.69, 9.17) is 4.74 Å². The van der Waals surface area contributed by atoms with Crippen molar-refractivity contribution in [2.24, 2.45) is 0 Å². The molecule has 1 unspecified atom stereocenters. The first-order chi connectivity index (χ1) is 9.69. The van der Waals surface area contributed by atoms with Crippen LogP contribution in [0.5, 0.6) is 5.88 Å². The molecule has 2 rings (SSSR count). The molecule has 0 radical (unpaired) electrons. The maximum Gasteiger partial charge on any atom is 0.218 e. The summed E-state index contributed by atoms with van der Waals surface area (Å²) in [5.74, 6) is 0.224. The van der Waals surface area contributed by atoms with E-state index >= 15 is 0 Å². The lowest BCUT2D eigenvalue weighted by atomic mass is 9.99. The second-order valence-corrected chi connectivity index (χ2v) is 5.09. The number of pyridine rings is 1. The van der Waals surface area contributed by atoms with E-state index in [1.807, 2.05) is 25.1 Å². The predicted octanol–water partition coefficient (Wildman–Crippen LogP) is 3.69. The summed E-state index contributed by atoms with van der Waals surface area (Å²) in [6, 6.07) is 8.66. The molecule has 1 heterocycles. The first-order valence-electron chi connectivity index (χ1n) is 6.35. The molecule has 5 heteroatoms. The van der Waals surface area contributed by atoms with Gasteiger partial charge in [0.15, 0.2) is 0 Å². The van der Waals surface area contributed by atoms with Gasteiger partial charge in [-0.1, -0.05) is 25.1 Å². The number of hydrogen-bond donors (Lipinski definition) is 1. The monoisotopic (exact) mass is 338 g/mol. The zero-order valence-electron chi connectivity index (χ0n) is 11.4. The minimum atomic E-state index is -0.304. The lowest BCUT2D eigenvalue weighted by molar-refractivity contribution is 0.386. The molecule has 0 saturated heterocycles. The normalized spacial score (nSPS) is 12.2. The molecule has 3 nitrogen and oxygen atoms in total. The number of nitrogens with zero attached hydrogens (tertiary/aromatic N) is 1. The van der Waals surface area contributed by atoms with Crippen LogP contribution in [-0.4, -0.2) is 18.6 Å². The van der Waals surface area contributed by atoms with Crippen LogP contribution in [0.25, 0.3) is 0 Å². The van der Waals surface area contributed by atoms with Gasteiger partial charge >= 0.3 is 0 Å². The van der Waals surface area contributed by atoms with Gasteiger partial charge in [0.2, 0.25) is 5.88 Å². The number of aromatic nitrogens is 1. The fraction of sp³-hybridized carbons (Fsp3) is 0.267. The van der Waals surface area contributed by atoms with Crippen molar-refractivity contribution in [2.75, 3.05) is 13.7 Å². The second-order valence-electron chi connectivity index (χ2n) is 4.24. The van der Waals surface area contributed by atoms with E-state index in [2.05, 4.69) is 26.2 Å². The van der Waals surface area contributed by atoms with Crippen LogP contribution in [0.3, 0.4) is 0 Å². The van der Waals surface area contributed by atoms with Gasteiger partial charge in [-0.2, -0.15) is 0 Å². The largest absolute Gasteiger partial charge is 0.481 e. The van der Waals surface area contributed by atoms with E-state index in [0.29, 0.717) is 22.5 Å². The van der Waals surface area contributed by atoms with Crippen LogP contribution in [0.15, 0.2) is 41.0 Å². The van der Waals surface area contributed by atoms with Crippen LogP contribution in [-0.2, 0) is 0 Å². The molecule has 2 aromatic rings. The summed E-state index contributed by atoms with van der Waals surface area (Å²) >= 11 is 3.22. The minimum Gasteiger partial charge on any atom is -0.481 e. The standard InChI is InChI=1S/C15H16BrFN2O/c1-3-18-14(10-6-4-8-12(16)13(10)17)11-7-5-9-19-15(11)20-2/h4-9,14,18H,3H2,1-2H3. The van der Waals surface area contributed by atoms with Gasteiger partial charge in [0.1, 0.15) is 5.82 Å². The Hall–Kier alpha value is -1.46. The molecule has 0 aliphatic rings. The van der Waals surface area contributed by atoms with Crippen LogP contribution in [0, 0.1) is 5.82 Å². The van der Waals surface area contributed by atoms with E-state index in [-0.39, 0.29) is 11.9 Å². The van der Waals surface area contributed by atoms with Gasteiger partial charge in [0, 0.05) is 17.3 Å². The molecule has 106 valence electrons. The fourth-order valence-corrected chi connectivity index (χ4v) is 2.51. The van der Waals surface area contributed by atoms with Gasteiger partial charge < -0.3 is 10.1 Å². The third-order valence-electron chi connectivity index (χ3n) is 3.01. The van der Waals surface area contributed by atoms with Crippen LogP contribution in [0.4, 0.5) is 4.39 Å². The van der Waals surface area contributed by atoms with Gasteiger partial charge in [-0.05, 0) is 34.6 Å². The SMILES string of the molecule is CCNC(c1cccnc1OC)c1cccc(Br)c1F. The van der Waals surface area contributed by atoms with E-state index in [1.165, 1.54) is 0 Å².